The van der Waals surface area contributed by atoms with E-state index in [9.17, 15) is 4.79 Å². The Morgan fingerprint density at radius 3 is 2.85 bits per heavy atom. The highest BCUT2D eigenvalue weighted by atomic mass is 32.1. The lowest BCUT2D eigenvalue weighted by Crippen LogP contribution is -2.18. The normalized spacial score (nSPS) is 10.9. The van der Waals surface area contributed by atoms with Crippen LogP contribution in [0.4, 0.5) is 0 Å². The Balaban J connectivity index is 3.14. The summed E-state index contributed by atoms with van der Waals surface area (Å²) in [6, 6.07) is 0. The molecule has 5 heteroatoms. The van der Waals surface area contributed by atoms with Gasteiger partial charge in [0.2, 0.25) is 0 Å². The Kier molecular flexibility index (Phi) is 1.63. The van der Waals surface area contributed by atoms with Crippen LogP contribution in [0.5, 0.6) is 0 Å². The molecule has 0 amide bonds. The van der Waals surface area contributed by atoms with E-state index in [0.717, 1.165) is 11.1 Å². The van der Waals surface area contributed by atoms with Gasteiger partial charge in [-0.05, 0) is 24.7 Å². The van der Waals surface area contributed by atoms with Crippen molar-refractivity contribution in [3.63, 3.8) is 0 Å². The minimum absolute atomic E-state index is 0.0909. The summed E-state index contributed by atoms with van der Waals surface area (Å²) >= 11 is 4.99. The number of aromatic amines is 2. The van der Waals surface area contributed by atoms with Crippen molar-refractivity contribution in [1.29, 1.82) is 0 Å². The summed E-state index contributed by atoms with van der Waals surface area (Å²) in [5.74, 6) is 0. The number of aryl methyl sites for hydroxylation is 1. The predicted molar refractivity (Wildman–Crippen MR) is 53.5 cm³/mol. The lowest BCUT2D eigenvalue weighted by Gasteiger charge is -1.97. The summed E-state index contributed by atoms with van der Waals surface area (Å²) in [4.78, 5) is 17.5. The van der Waals surface area contributed by atoms with E-state index in [-0.39, 0.29) is 5.56 Å². The zero-order chi connectivity index (χ0) is 9.59. The Morgan fingerprint density at radius 2 is 2.15 bits per heavy atom. The van der Waals surface area contributed by atoms with Crippen molar-refractivity contribution in [2.24, 2.45) is 7.05 Å². The first-order chi connectivity index (χ1) is 6.11. The highest BCUT2D eigenvalue weighted by molar-refractivity contribution is 7.71. The highest BCUT2D eigenvalue weighted by Crippen LogP contribution is 2.09. The second kappa shape index (κ2) is 2.56. The van der Waals surface area contributed by atoms with Crippen molar-refractivity contribution < 1.29 is 0 Å². The van der Waals surface area contributed by atoms with E-state index in [2.05, 4.69) is 9.97 Å². The second-order valence-corrected chi connectivity index (χ2v) is 3.40. The number of rotatable bonds is 0. The molecule has 0 aliphatic rings. The molecule has 0 radical (unpaired) electrons. The molecule has 0 atom stereocenters. The van der Waals surface area contributed by atoms with E-state index in [1.165, 1.54) is 4.57 Å². The number of aromatic nitrogens is 3. The van der Waals surface area contributed by atoms with Crippen molar-refractivity contribution in [3.8, 4) is 0 Å². The summed E-state index contributed by atoms with van der Waals surface area (Å²) in [5.41, 5.74) is 2.28. The SMILES string of the molecule is Cc1c[nH]c2c(=O)n(C)c(=S)[nH]c12. The van der Waals surface area contributed by atoms with Crippen LogP contribution in [0, 0.1) is 11.7 Å². The van der Waals surface area contributed by atoms with Crippen molar-refractivity contribution in [2.45, 2.75) is 6.92 Å². The average molecular weight is 195 g/mol. The fourth-order valence-corrected chi connectivity index (χ4v) is 1.49. The van der Waals surface area contributed by atoms with Gasteiger partial charge in [0.1, 0.15) is 5.52 Å². The molecule has 0 unspecified atom stereocenters. The van der Waals surface area contributed by atoms with Crippen molar-refractivity contribution >= 4 is 23.3 Å². The fraction of sp³-hybridized carbons (Fsp3) is 0.250. The van der Waals surface area contributed by atoms with Crippen LogP contribution in [0.15, 0.2) is 11.0 Å². The average Bonchev–Trinajstić information content (AvgIpc) is 2.45. The largest absolute Gasteiger partial charge is 0.355 e. The third-order valence-corrected chi connectivity index (χ3v) is 2.51. The Morgan fingerprint density at radius 1 is 1.46 bits per heavy atom. The molecule has 2 aromatic heterocycles. The Hall–Kier alpha value is -1.36. The first kappa shape index (κ1) is 8.25. The van der Waals surface area contributed by atoms with E-state index < -0.39 is 0 Å². The van der Waals surface area contributed by atoms with Crippen molar-refractivity contribution in [3.05, 3.63) is 26.9 Å². The minimum atomic E-state index is -0.0909. The number of H-pyrrole nitrogens is 2. The van der Waals surface area contributed by atoms with Gasteiger partial charge in [0.05, 0.1) is 5.52 Å². The standard InChI is InChI=1S/C8H9N3OS/c1-4-3-9-6-5(4)10-8(13)11(2)7(6)12/h3,9H,1-2H3,(H,10,13). The van der Waals surface area contributed by atoms with Crippen LogP contribution in [-0.2, 0) is 7.05 Å². The Labute approximate surface area is 79.2 Å². The number of fused-ring (bicyclic) bond motifs is 1. The molecule has 2 rings (SSSR count). The molecule has 0 saturated heterocycles. The number of nitrogens with one attached hydrogen (secondary N) is 2. The molecule has 13 heavy (non-hydrogen) atoms. The van der Waals surface area contributed by atoms with Crippen LogP contribution in [0.25, 0.3) is 11.0 Å². The first-order valence-corrected chi connectivity index (χ1v) is 4.29. The van der Waals surface area contributed by atoms with Crippen LogP contribution in [-0.4, -0.2) is 14.5 Å². The zero-order valence-electron chi connectivity index (χ0n) is 7.34. The quantitative estimate of drug-likeness (QED) is 0.621. The summed E-state index contributed by atoms with van der Waals surface area (Å²) in [7, 11) is 1.65. The van der Waals surface area contributed by atoms with E-state index in [1.54, 1.807) is 13.2 Å². The number of nitrogens with zero attached hydrogens (tertiary/aromatic N) is 1. The summed E-state index contributed by atoms with van der Waals surface area (Å²) in [6.07, 6.45) is 1.79. The zero-order valence-corrected chi connectivity index (χ0v) is 8.16. The smallest absolute Gasteiger partial charge is 0.278 e. The molecule has 2 N–H and O–H groups in total. The first-order valence-electron chi connectivity index (χ1n) is 3.88. The van der Waals surface area contributed by atoms with Gasteiger partial charge in [-0.2, -0.15) is 0 Å². The minimum Gasteiger partial charge on any atom is -0.355 e. The van der Waals surface area contributed by atoms with Gasteiger partial charge in [-0.15, -0.1) is 0 Å². The van der Waals surface area contributed by atoms with Crippen molar-refractivity contribution in [1.82, 2.24) is 14.5 Å². The van der Waals surface area contributed by atoms with Crippen LogP contribution in [0.3, 0.4) is 0 Å². The fourth-order valence-electron chi connectivity index (χ4n) is 1.30. The van der Waals surface area contributed by atoms with Crippen LogP contribution >= 0.6 is 12.2 Å². The highest BCUT2D eigenvalue weighted by Gasteiger charge is 2.05. The van der Waals surface area contributed by atoms with Gasteiger partial charge >= 0.3 is 0 Å². The van der Waals surface area contributed by atoms with E-state index in [4.69, 9.17) is 12.2 Å². The maximum Gasteiger partial charge on any atom is 0.278 e. The van der Waals surface area contributed by atoms with Gasteiger partial charge in [-0.25, -0.2) is 0 Å². The summed E-state index contributed by atoms with van der Waals surface area (Å²) < 4.78 is 1.85. The molecule has 2 aromatic rings. The van der Waals surface area contributed by atoms with Crippen LogP contribution in [0.1, 0.15) is 5.56 Å². The molecule has 0 aliphatic carbocycles. The van der Waals surface area contributed by atoms with Crippen LogP contribution in [0.2, 0.25) is 0 Å². The van der Waals surface area contributed by atoms with Gasteiger partial charge in [-0.3, -0.25) is 9.36 Å². The maximum atomic E-state index is 11.6. The molecule has 0 saturated carbocycles. The molecule has 4 nitrogen and oxygen atoms in total. The van der Waals surface area contributed by atoms with E-state index in [1.807, 2.05) is 6.92 Å². The Bertz CT molecular complexity index is 575. The second-order valence-electron chi connectivity index (χ2n) is 3.02. The van der Waals surface area contributed by atoms with E-state index >= 15 is 0 Å². The lowest BCUT2D eigenvalue weighted by atomic mass is 10.3. The summed E-state index contributed by atoms with van der Waals surface area (Å²) in [6.45, 7) is 1.92. The number of hydrogen-bond acceptors (Lipinski definition) is 2. The molecule has 2 heterocycles. The lowest BCUT2D eigenvalue weighted by molar-refractivity contribution is 0.822. The monoisotopic (exact) mass is 195 g/mol. The number of hydrogen-bond donors (Lipinski definition) is 2. The molecule has 0 bridgehead atoms. The topological polar surface area (TPSA) is 53.6 Å². The molecular formula is C8H9N3OS. The van der Waals surface area contributed by atoms with E-state index in [0.29, 0.717) is 10.3 Å². The molecule has 68 valence electrons. The van der Waals surface area contributed by atoms with Gasteiger partial charge in [0.25, 0.3) is 5.56 Å². The maximum absolute atomic E-state index is 11.6. The third kappa shape index (κ3) is 1.04. The third-order valence-electron chi connectivity index (χ3n) is 2.13. The molecule has 0 fully saturated rings. The summed E-state index contributed by atoms with van der Waals surface area (Å²) in [5, 5.41) is 0. The molecule has 0 aliphatic heterocycles. The van der Waals surface area contributed by atoms with Gasteiger partial charge in [0, 0.05) is 13.2 Å². The van der Waals surface area contributed by atoms with Gasteiger partial charge in [-0.1, -0.05) is 0 Å². The molecular weight excluding hydrogens is 186 g/mol. The molecule has 0 aromatic carbocycles. The molecule has 0 spiro atoms. The predicted octanol–water partition coefficient (Wildman–Crippen LogP) is 1.23. The van der Waals surface area contributed by atoms with Gasteiger partial charge < -0.3 is 9.97 Å². The van der Waals surface area contributed by atoms with Crippen LogP contribution < -0.4 is 5.56 Å². The van der Waals surface area contributed by atoms with Crippen molar-refractivity contribution in [2.75, 3.05) is 0 Å². The van der Waals surface area contributed by atoms with Gasteiger partial charge in [0.15, 0.2) is 4.77 Å².